The fourth-order valence-electron chi connectivity index (χ4n) is 1.38. The predicted octanol–water partition coefficient (Wildman–Crippen LogP) is 3.68. The quantitative estimate of drug-likeness (QED) is 0.792. The number of rotatable bonds is 3. The molecule has 0 spiro atoms. The van der Waals surface area contributed by atoms with Gasteiger partial charge in [0.05, 0.1) is 5.56 Å². The summed E-state index contributed by atoms with van der Waals surface area (Å²) in [4.78, 5) is 0. The zero-order valence-electron chi connectivity index (χ0n) is 8.79. The number of halogens is 3. The molecule has 0 aliphatic carbocycles. The smallest absolute Gasteiger partial charge is 0.165 e. The van der Waals surface area contributed by atoms with E-state index >= 15 is 0 Å². The van der Waals surface area contributed by atoms with Crippen LogP contribution in [0.3, 0.4) is 0 Å². The van der Waals surface area contributed by atoms with Crippen molar-refractivity contribution in [2.24, 2.45) is 0 Å². The van der Waals surface area contributed by atoms with Crippen LogP contribution in [0.15, 0.2) is 42.5 Å². The van der Waals surface area contributed by atoms with Crippen LogP contribution in [-0.4, -0.2) is 0 Å². The lowest BCUT2D eigenvalue weighted by molar-refractivity contribution is 0.278. The van der Waals surface area contributed by atoms with Gasteiger partial charge < -0.3 is 4.74 Å². The van der Waals surface area contributed by atoms with Gasteiger partial charge in [0.15, 0.2) is 11.6 Å². The molecule has 0 atom stereocenters. The van der Waals surface area contributed by atoms with Gasteiger partial charge in [0.1, 0.15) is 18.2 Å². The molecule has 0 bridgehead atoms. The van der Waals surface area contributed by atoms with Gasteiger partial charge in [-0.1, -0.05) is 18.2 Å². The van der Waals surface area contributed by atoms with E-state index in [1.165, 1.54) is 24.3 Å². The van der Waals surface area contributed by atoms with Gasteiger partial charge in [0.25, 0.3) is 0 Å². The first kappa shape index (κ1) is 11.5. The molecule has 0 heterocycles. The van der Waals surface area contributed by atoms with Crippen LogP contribution in [0.1, 0.15) is 5.56 Å². The number of hydrogen-bond acceptors (Lipinski definition) is 1. The fourth-order valence-corrected chi connectivity index (χ4v) is 1.38. The molecule has 2 aromatic rings. The van der Waals surface area contributed by atoms with E-state index in [4.69, 9.17) is 4.74 Å². The highest BCUT2D eigenvalue weighted by molar-refractivity contribution is 5.25. The molecular weight excluding hydrogens is 229 g/mol. The minimum atomic E-state index is -0.707. The van der Waals surface area contributed by atoms with E-state index in [9.17, 15) is 13.2 Å². The van der Waals surface area contributed by atoms with Crippen molar-refractivity contribution in [1.82, 2.24) is 0 Å². The summed E-state index contributed by atoms with van der Waals surface area (Å²) in [5, 5.41) is 0. The van der Waals surface area contributed by atoms with Crippen molar-refractivity contribution in [3.63, 3.8) is 0 Å². The Balaban J connectivity index is 2.16. The lowest BCUT2D eigenvalue weighted by Gasteiger charge is -2.08. The lowest BCUT2D eigenvalue weighted by atomic mass is 10.2. The summed E-state index contributed by atoms with van der Waals surface area (Å²) in [6, 6.07) is 9.21. The van der Waals surface area contributed by atoms with Gasteiger partial charge in [0.2, 0.25) is 0 Å². The molecule has 0 saturated carbocycles. The predicted molar refractivity (Wildman–Crippen MR) is 57.1 cm³/mol. The molecule has 4 heteroatoms. The Bertz CT molecular complexity index is 506. The molecule has 2 aromatic carbocycles. The standard InChI is InChI=1S/C13H9F3O/c14-10-5-3-6-11(15)9(10)8-17-13-7-2-1-4-12(13)16/h1-7H,8H2. The third-order valence-corrected chi connectivity index (χ3v) is 2.27. The molecule has 88 valence electrons. The highest BCUT2D eigenvalue weighted by atomic mass is 19.1. The maximum Gasteiger partial charge on any atom is 0.165 e. The first-order valence-electron chi connectivity index (χ1n) is 4.98. The topological polar surface area (TPSA) is 9.23 Å². The first-order valence-corrected chi connectivity index (χ1v) is 4.98. The van der Waals surface area contributed by atoms with Crippen molar-refractivity contribution < 1.29 is 17.9 Å². The maximum absolute atomic E-state index is 13.2. The first-order chi connectivity index (χ1) is 8.18. The average molecular weight is 238 g/mol. The molecule has 0 aliphatic rings. The second-order valence-electron chi connectivity index (χ2n) is 3.42. The Morgan fingerprint density at radius 1 is 0.765 bits per heavy atom. The van der Waals surface area contributed by atoms with Crippen LogP contribution < -0.4 is 4.74 Å². The fraction of sp³-hybridized carbons (Fsp3) is 0.0769. The summed E-state index contributed by atoms with van der Waals surface area (Å²) < 4.78 is 44.7. The Morgan fingerprint density at radius 2 is 1.35 bits per heavy atom. The summed E-state index contributed by atoms with van der Waals surface area (Å²) in [5.74, 6) is -2.01. The van der Waals surface area contributed by atoms with Gasteiger partial charge in [-0.25, -0.2) is 13.2 Å². The van der Waals surface area contributed by atoms with Crippen molar-refractivity contribution in [3.05, 3.63) is 65.5 Å². The molecule has 1 nitrogen and oxygen atoms in total. The van der Waals surface area contributed by atoms with Crippen LogP contribution in [0, 0.1) is 17.5 Å². The molecule has 0 radical (unpaired) electrons. The van der Waals surface area contributed by atoms with Crippen molar-refractivity contribution in [1.29, 1.82) is 0 Å². The van der Waals surface area contributed by atoms with E-state index in [2.05, 4.69) is 0 Å². The average Bonchev–Trinajstić information content (AvgIpc) is 2.30. The van der Waals surface area contributed by atoms with Gasteiger partial charge in [-0.2, -0.15) is 0 Å². The second-order valence-corrected chi connectivity index (χ2v) is 3.42. The van der Waals surface area contributed by atoms with Crippen LogP contribution >= 0.6 is 0 Å². The maximum atomic E-state index is 13.2. The number of ether oxygens (including phenoxy) is 1. The van der Waals surface area contributed by atoms with Gasteiger partial charge in [-0.05, 0) is 24.3 Å². The summed E-state index contributed by atoms with van der Waals surface area (Å²) >= 11 is 0. The van der Waals surface area contributed by atoms with Crippen LogP contribution in [0.5, 0.6) is 5.75 Å². The summed E-state index contributed by atoms with van der Waals surface area (Å²) in [5.41, 5.74) is -0.212. The van der Waals surface area contributed by atoms with E-state index in [-0.39, 0.29) is 17.9 Å². The van der Waals surface area contributed by atoms with Crippen molar-refractivity contribution in [3.8, 4) is 5.75 Å². The van der Waals surface area contributed by atoms with Crippen LogP contribution in [-0.2, 0) is 6.61 Å². The highest BCUT2D eigenvalue weighted by Gasteiger charge is 2.10. The molecule has 0 fully saturated rings. The van der Waals surface area contributed by atoms with Gasteiger partial charge in [-0.15, -0.1) is 0 Å². The van der Waals surface area contributed by atoms with E-state index in [1.807, 2.05) is 0 Å². The largest absolute Gasteiger partial charge is 0.486 e. The monoisotopic (exact) mass is 238 g/mol. The molecule has 0 unspecified atom stereocenters. The minimum absolute atomic E-state index is 0.0323. The second kappa shape index (κ2) is 4.91. The molecule has 0 N–H and O–H groups in total. The summed E-state index contributed by atoms with van der Waals surface area (Å²) in [6.07, 6.45) is 0. The van der Waals surface area contributed by atoms with Crippen molar-refractivity contribution in [2.75, 3.05) is 0 Å². The Morgan fingerprint density at radius 3 is 2.00 bits per heavy atom. The molecular formula is C13H9F3O. The molecule has 17 heavy (non-hydrogen) atoms. The SMILES string of the molecule is Fc1ccccc1OCc1c(F)cccc1F. The molecule has 0 aromatic heterocycles. The molecule has 0 amide bonds. The Hall–Kier alpha value is -1.97. The third-order valence-electron chi connectivity index (χ3n) is 2.27. The molecule has 0 aliphatic heterocycles. The molecule has 0 saturated heterocycles. The van der Waals surface area contributed by atoms with E-state index in [0.29, 0.717) is 0 Å². The van der Waals surface area contributed by atoms with Crippen LogP contribution in [0.4, 0.5) is 13.2 Å². The van der Waals surface area contributed by atoms with E-state index in [1.54, 1.807) is 6.07 Å². The van der Waals surface area contributed by atoms with Crippen LogP contribution in [0.2, 0.25) is 0 Å². The highest BCUT2D eigenvalue weighted by Crippen LogP contribution is 2.19. The van der Waals surface area contributed by atoms with Crippen molar-refractivity contribution >= 4 is 0 Å². The van der Waals surface area contributed by atoms with E-state index < -0.39 is 17.5 Å². The number of hydrogen-bond donors (Lipinski definition) is 0. The summed E-state index contributed by atoms with van der Waals surface area (Å²) in [7, 11) is 0. The zero-order valence-corrected chi connectivity index (χ0v) is 8.79. The van der Waals surface area contributed by atoms with Gasteiger partial charge >= 0.3 is 0 Å². The minimum Gasteiger partial charge on any atom is -0.486 e. The van der Waals surface area contributed by atoms with Gasteiger partial charge in [-0.3, -0.25) is 0 Å². The normalized spacial score (nSPS) is 10.3. The Labute approximate surface area is 96.5 Å². The van der Waals surface area contributed by atoms with E-state index in [0.717, 1.165) is 12.1 Å². The number of benzene rings is 2. The molecule has 2 rings (SSSR count). The third kappa shape index (κ3) is 2.58. The number of para-hydroxylation sites is 1. The lowest BCUT2D eigenvalue weighted by Crippen LogP contribution is -2.02. The van der Waals surface area contributed by atoms with Crippen LogP contribution in [0.25, 0.3) is 0 Å². The zero-order chi connectivity index (χ0) is 12.3. The van der Waals surface area contributed by atoms with Gasteiger partial charge in [0, 0.05) is 0 Å². The summed E-state index contributed by atoms with van der Waals surface area (Å²) in [6.45, 7) is -0.348. The Kier molecular flexibility index (Phi) is 3.32. The van der Waals surface area contributed by atoms with Crippen molar-refractivity contribution in [2.45, 2.75) is 6.61 Å².